The van der Waals surface area contributed by atoms with Gasteiger partial charge in [0.15, 0.2) is 5.82 Å². The highest BCUT2D eigenvalue weighted by molar-refractivity contribution is 5.24. The minimum Gasteiger partial charge on any atom is -0.350 e. The van der Waals surface area contributed by atoms with E-state index in [9.17, 15) is 4.39 Å². The summed E-state index contributed by atoms with van der Waals surface area (Å²) in [6.45, 7) is 5.15. The number of nitrogens with one attached hydrogen (secondary N) is 1. The fourth-order valence-electron chi connectivity index (χ4n) is 1.37. The van der Waals surface area contributed by atoms with Crippen LogP contribution in [0.25, 0.3) is 0 Å². The summed E-state index contributed by atoms with van der Waals surface area (Å²) in [5, 5.41) is 3.21. The molecule has 0 aliphatic carbocycles. The predicted molar refractivity (Wildman–Crippen MR) is 62.8 cm³/mol. The van der Waals surface area contributed by atoms with Gasteiger partial charge in [-0.25, -0.2) is 14.4 Å². The lowest BCUT2D eigenvalue weighted by Gasteiger charge is -2.25. The number of nitrogens with zero attached hydrogens (tertiary/aromatic N) is 3. The molecule has 5 heteroatoms. The van der Waals surface area contributed by atoms with Crippen molar-refractivity contribution in [3.05, 3.63) is 18.2 Å². The summed E-state index contributed by atoms with van der Waals surface area (Å²) in [4.78, 5) is 9.88. The van der Waals surface area contributed by atoms with Crippen molar-refractivity contribution in [2.24, 2.45) is 5.92 Å². The van der Waals surface area contributed by atoms with Crippen molar-refractivity contribution < 1.29 is 4.39 Å². The SMILES string of the molecule is CC(C)C(CN(C)C)Nc1ncc(F)cn1. The fourth-order valence-corrected chi connectivity index (χ4v) is 1.37. The van der Waals surface area contributed by atoms with E-state index in [-0.39, 0.29) is 6.04 Å². The number of hydrogen-bond acceptors (Lipinski definition) is 4. The van der Waals surface area contributed by atoms with Gasteiger partial charge >= 0.3 is 0 Å². The predicted octanol–water partition coefficient (Wildman–Crippen LogP) is 1.61. The van der Waals surface area contributed by atoms with E-state index in [1.807, 2.05) is 14.1 Å². The van der Waals surface area contributed by atoms with Crippen LogP contribution in [-0.2, 0) is 0 Å². The molecule has 1 rings (SSSR count). The van der Waals surface area contributed by atoms with E-state index in [1.165, 1.54) is 12.4 Å². The molecule has 0 saturated heterocycles. The van der Waals surface area contributed by atoms with Crippen molar-refractivity contribution in [3.8, 4) is 0 Å². The summed E-state index contributed by atoms with van der Waals surface area (Å²) >= 11 is 0. The van der Waals surface area contributed by atoms with Crippen molar-refractivity contribution in [2.75, 3.05) is 26.0 Å². The van der Waals surface area contributed by atoms with Gasteiger partial charge in [-0.15, -0.1) is 0 Å². The van der Waals surface area contributed by atoms with Crippen molar-refractivity contribution in [3.63, 3.8) is 0 Å². The first kappa shape index (κ1) is 12.8. The zero-order valence-electron chi connectivity index (χ0n) is 10.2. The average Bonchev–Trinajstić information content (AvgIpc) is 2.19. The molecule has 1 N–H and O–H groups in total. The van der Waals surface area contributed by atoms with Gasteiger partial charge in [-0.05, 0) is 20.0 Å². The van der Waals surface area contributed by atoms with Crippen molar-refractivity contribution in [2.45, 2.75) is 19.9 Å². The molecule has 0 aliphatic heterocycles. The molecule has 16 heavy (non-hydrogen) atoms. The van der Waals surface area contributed by atoms with Crippen molar-refractivity contribution in [1.82, 2.24) is 14.9 Å². The molecule has 1 heterocycles. The highest BCUT2D eigenvalue weighted by Crippen LogP contribution is 2.09. The Morgan fingerprint density at radius 1 is 1.31 bits per heavy atom. The van der Waals surface area contributed by atoms with Gasteiger partial charge in [0.25, 0.3) is 0 Å². The molecule has 1 atom stereocenters. The van der Waals surface area contributed by atoms with E-state index in [0.29, 0.717) is 11.9 Å². The van der Waals surface area contributed by atoms with E-state index in [0.717, 1.165) is 6.54 Å². The highest BCUT2D eigenvalue weighted by atomic mass is 19.1. The molecule has 0 saturated carbocycles. The quantitative estimate of drug-likeness (QED) is 0.828. The first-order valence-electron chi connectivity index (χ1n) is 5.38. The van der Waals surface area contributed by atoms with Gasteiger partial charge in [-0.2, -0.15) is 0 Å². The van der Waals surface area contributed by atoms with Crippen LogP contribution < -0.4 is 5.32 Å². The number of anilines is 1. The monoisotopic (exact) mass is 226 g/mol. The second-order valence-corrected chi connectivity index (χ2v) is 4.48. The van der Waals surface area contributed by atoms with Gasteiger partial charge in [0, 0.05) is 12.6 Å². The minimum absolute atomic E-state index is 0.250. The Kier molecular flexibility index (Phi) is 4.61. The van der Waals surface area contributed by atoms with Gasteiger partial charge in [0.1, 0.15) is 0 Å². The topological polar surface area (TPSA) is 41.0 Å². The Balaban J connectivity index is 2.64. The zero-order chi connectivity index (χ0) is 12.1. The Morgan fingerprint density at radius 2 is 1.88 bits per heavy atom. The maximum atomic E-state index is 12.6. The molecule has 0 spiro atoms. The Bertz CT molecular complexity index is 310. The van der Waals surface area contributed by atoms with Crippen LogP contribution in [0.2, 0.25) is 0 Å². The number of halogens is 1. The minimum atomic E-state index is -0.417. The first-order valence-corrected chi connectivity index (χ1v) is 5.38. The third-order valence-corrected chi connectivity index (χ3v) is 2.30. The Morgan fingerprint density at radius 3 is 2.31 bits per heavy atom. The van der Waals surface area contributed by atoms with Crippen LogP contribution in [0.1, 0.15) is 13.8 Å². The van der Waals surface area contributed by atoms with Crippen LogP contribution in [0.15, 0.2) is 12.4 Å². The van der Waals surface area contributed by atoms with E-state index in [1.54, 1.807) is 0 Å². The lowest BCUT2D eigenvalue weighted by Crippen LogP contribution is -2.36. The van der Waals surface area contributed by atoms with Gasteiger partial charge in [0.05, 0.1) is 12.4 Å². The van der Waals surface area contributed by atoms with Crippen LogP contribution in [0.5, 0.6) is 0 Å². The smallest absolute Gasteiger partial charge is 0.223 e. The van der Waals surface area contributed by atoms with Crippen LogP contribution in [0, 0.1) is 11.7 Å². The van der Waals surface area contributed by atoms with E-state index >= 15 is 0 Å². The summed E-state index contributed by atoms with van der Waals surface area (Å²) in [7, 11) is 4.03. The largest absolute Gasteiger partial charge is 0.350 e. The number of aromatic nitrogens is 2. The molecule has 0 aromatic carbocycles. The molecular formula is C11H19FN4. The molecule has 0 fully saturated rings. The summed E-state index contributed by atoms with van der Waals surface area (Å²) in [5.74, 6) is 0.511. The second kappa shape index (κ2) is 5.75. The summed E-state index contributed by atoms with van der Waals surface area (Å²) in [6.07, 6.45) is 2.34. The summed E-state index contributed by atoms with van der Waals surface area (Å²) in [5.41, 5.74) is 0. The number of likely N-dealkylation sites (N-methyl/N-ethyl adjacent to an activating group) is 1. The molecule has 4 nitrogen and oxygen atoms in total. The summed E-state index contributed by atoms with van der Waals surface area (Å²) in [6, 6.07) is 0.250. The molecular weight excluding hydrogens is 207 g/mol. The maximum Gasteiger partial charge on any atom is 0.223 e. The average molecular weight is 226 g/mol. The van der Waals surface area contributed by atoms with Crippen LogP contribution in [-0.4, -0.2) is 41.5 Å². The normalized spacial score (nSPS) is 13.2. The van der Waals surface area contributed by atoms with Gasteiger partial charge in [-0.1, -0.05) is 13.8 Å². The second-order valence-electron chi connectivity index (χ2n) is 4.48. The molecule has 0 radical (unpaired) electrons. The van der Waals surface area contributed by atoms with Crippen LogP contribution >= 0.6 is 0 Å². The zero-order valence-corrected chi connectivity index (χ0v) is 10.2. The van der Waals surface area contributed by atoms with E-state index < -0.39 is 5.82 Å². The molecule has 1 unspecified atom stereocenters. The third-order valence-electron chi connectivity index (χ3n) is 2.30. The van der Waals surface area contributed by atoms with Crippen LogP contribution in [0.4, 0.5) is 10.3 Å². The maximum absolute atomic E-state index is 12.6. The standard InChI is InChI=1S/C11H19FN4/c1-8(2)10(7-16(3)4)15-11-13-5-9(12)6-14-11/h5-6,8,10H,7H2,1-4H3,(H,13,14,15). The third kappa shape index (κ3) is 4.10. The lowest BCUT2D eigenvalue weighted by molar-refractivity contribution is 0.343. The van der Waals surface area contributed by atoms with E-state index in [4.69, 9.17) is 0 Å². The Labute approximate surface area is 95.9 Å². The number of rotatable bonds is 5. The molecule has 0 amide bonds. The van der Waals surface area contributed by atoms with Gasteiger partial charge in [0.2, 0.25) is 5.95 Å². The van der Waals surface area contributed by atoms with Crippen molar-refractivity contribution in [1.29, 1.82) is 0 Å². The first-order chi connectivity index (χ1) is 7.49. The fraction of sp³-hybridized carbons (Fsp3) is 0.636. The lowest BCUT2D eigenvalue weighted by atomic mass is 10.0. The highest BCUT2D eigenvalue weighted by Gasteiger charge is 2.15. The molecule has 0 aliphatic rings. The molecule has 1 aromatic heterocycles. The van der Waals surface area contributed by atoms with Crippen molar-refractivity contribution >= 4 is 5.95 Å². The van der Waals surface area contributed by atoms with Crippen LogP contribution in [0.3, 0.4) is 0 Å². The number of hydrogen-bond donors (Lipinski definition) is 1. The molecule has 1 aromatic rings. The molecule has 0 bridgehead atoms. The van der Waals surface area contributed by atoms with Gasteiger partial charge in [-0.3, -0.25) is 0 Å². The van der Waals surface area contributed by atoms with Gasteiger partial charge < -0.3 is 10.2 Å². The molecule has 90 valence electrons. The Hall–Kier alpha value is -1.23. The van der Waals surface area contributed by atoms with E-state index in [2.05, 4.69) is 34.0 Å². The summed E-state index contributed by atoms with van der Waals surface area (Å²) < 4.78 is 12.6.